The second-order valence-corrected chi connectivity index (χ2v) is 9.44. The minimum Gasteiger partial charge on any atom is -0.352 e. The number of rotatable bonds is 7. The SMILES string of the molecule is O=C(NCc1ccccc1)[C@@H]1CCCN(Cc2nc3ccccc3n2Cc2ccc(Cl)cc2)C1. The maximum absolute atomic E-state index is 12.9. The van der Waals surface area contributed by atoms with Crippen LogP contribution >= 0.6 is 11.6 Å². The van der Waals surface area contributed by atoms with Crippen LogP contribution in [0.1, 0.15) is 29.8 Å². The lowest BCUT2D eigenvalue weighted by molar-refractivity contribution is -0.127. The van der Waals surface area contributed by atoms with Gasteiger partial charge in [0.1, 0.15) is 5.82 Å². The molecule has 0 aliphatic carbocycles. The maximum Gasteiger partial charge on any atom is 0.224 e. The van der Waals surface area contributed by atoms with Gasteiger partial charge in [-0.2, -0.15) is 0 Å². The summed E-state index contributed by atoms with van der Waals surface area (Å²) >= 11 is 6.09. The maximum atomic E-state index is 12.9. The number of benzene rings is 3. The number of para-hydroxylation sites is 2. The molecule has 1 atom stereocenters. The van der Waals surface area contributed by atoms with E-state index < -0.39 is 0 Å². The first-order chi connectivity index (χ1) is 16.7. The van der Waals surface area contributed by atoms with Crippen LogP contribution in [0.15, 0.2) is 78.9 Å². The monoisotopic (exact) mass is 472 g/mol. The van der Waals surface area contributed by atoms with Gasteiger partial charge in [-0.15, -0.1) is 0 Å². The number of hydrogen-bond donors (Lipinski definition) is 1. The van der Waals surface area contributed by atoms with Crippen molar-refractivity contribution >= 4 is 28.5 Å². The van der Waals surface area contributed by atoms with Crippen LogP contribution in [0.5, 0.6) is 0 Å². The van der Waals surface area contributed by atoms with Gasteiger partial charge in [-0.05, 0) is 54.8 Å². The van der Waals surface area contributed by atoms with Gasteiger partial charge in [0.25, 0.3) is 0 Å². The Hall–Kier alpha value is -3.15. The smallest absolute Gasteiger partial charge is 0.224 e. The molecular formula is C28H29ClN4O. The van der Waals surface area contributed by atoms with Gasteiger partial charge >= 0.3 is 0 Å². The number of amides is 1. The molecule has 0 unspecified atom stereocenters. The lowest BCUT2D eigenvalue weighted by Crippen LogP contribution is -2.42. The van der Waals surface area contributed by atoms with Crippen molar-refractivity contribution in [2.75, 3.05) is 13.1 Å². The van der Waals surface area contributed by atoms with Gasteiger partial charge in [0.15, 0.2) is 0 Å². The Balaban J connectivity index is 1.29. The van der Waals surface area contributed by atoms with Crippen LogP contribution in [0.25, 0.3) is 11.0 Å². The van der Waals surface area contributed by atoms with Crippen LogP contribution in [0.4, 0.5) is 0 Å². The van der Waals surface area contributed by atoms with E-state index in [0.29, 0.717) is 6.54 Å². The summed E-state index contributed by atoms with van der Waals surface area (Å²) in [6.45, 7) is 3.77. The fourth-order valence-corrected chi connectivity index (χ4v) is 4.86. The highest BCUT2D eigenvalue weighted by Crippen LogP contribution is 2.23. The molecule has 0 saturated carbocycles. The van der Waals surface area contributed by atoms with Crippen molar-refractivity contribution in [3.63, 3.8) is 0 Å². The van der Waals surface area contributed by atoms with E-state index in [-0.39, 0.29) is 11.8 Å². The number of nitrogens with zero attached hydrogens (tertiary/aromatic N) is 3. The molecule has 1 aliphatic heterocycles. The van der Waals surface area contributed by atoms with Crippen molar-refractivity contribution in [3.8, 4) is 0 Å². The van der Waals surface area contributed by atoms with Crippen LogP contribution in [-0.2, 0) is 24.4 Å². The molecule has 0 radical (unpaired) electrons. The van der Waals surface area contributed by atoms with Gasteiger partial charge in [-0.3, -0.25) is 9.69 Å². The number of nitrogens with one attached hydrogen (secondary N) is 1. The molecule has 1 saturated heterocycles. The van der Waals surface area contributed by atoms with Gasteiger partial charge in [-0.1, -0.05) is 66.2 Å². The predicted molar refractivity (Wildman–Crippen MR) is 137 cm³/mol. The zero-order valence-electron chi connectivity index (χ0n) is 19.2. The molecule has 1 N–H and O–H groups in total. The highest BCUT2D eigenvalue weighted by Gasteiger charge is 2.27. The second kappa shape index (κ2) is 10.4. The first-order valence-corrected chi connectivity index (χ1v) is 12.3. The lowest BCUT2D eigenvalue weighted by atomic mass is 9.97. The molecule has 1 fully saturated rings. The molecule has 0 bridgehead atoms. The first-order valence-electron chi connectivity index (χ1n) is 11.9. The molecule has 174 valence electrons. The number of carbonyl (C=O) groups is 1. The van der Waals surface area contributed by atoms with E-state index in [2.05, 4.69) is 45.1 Å². The van der Waals surface area contributed by atoms with Gasteiger partial charge in [0, 0.05) is 24.7 Å². The molecule has 5 nitrogen and oxygen atoms in total. The van der Waals surface area contributed by atoms with Crippen LogP contribution < -0.4 is 5.32 Å². The molecule has 6 heteroatoms. The molecule has 2 heterocycles. The summed E-state index contributed by atoms with van der Waals surface area (Å²) in [5.41, 5.74) is 4.44. The van der Waals surface area contributed by atoms with E-state index in [1.807, 2.05) is 48.5 Å². The minimum atomic E-state index is 0.00607. The van der Waals surface area contributed by atoms with Crippen molar-refractivity contribution in [3.05, 3.63) is 101 Å². The van der Waals surface area contributed by atoms with E-state index in [1.165, 1.54) is 5.56 Å². The third-order valence-electron chi connectivity index (χ3n) is 6.54. The van der Waals surface area contributed by atoms with Crippen LogP contribution in [0.3, 0.4) is 0 Å². The highest BCUT2D eigenvalue weighted by atomic mass is 35.5. The van der Waals surface area contributed by atoms with E-state index in [0.717, 1.165) is 66.5 Å². The standard InChI is InChI=1S/C28H29ClN4O/c29-24-14-12-22(13-15-24)18-33-26-11-5-4-10-25(26)31-27(33)20-32-16-6-9-23(19-32)28(34)30-17-21-7-2-1-3-8-21/h1-5,7-8,10-15,23H,6,9,16-20H2,(H,30,34)/t23-/m1/s1. The molecule has 4 aromatic rings. The van der Waals surface area contributed by atoms with E-state index >= 15 is 0 Å². The Morgan fingerprint density at radius 1 is 0.941 bits per heavy atom. The van der Waals surface area contributed by atoms with Gasteiger partial charge < -0.3 is 9.88 Å². The minimum absolute atomic E-state index is 0.00607. The Kier molecular flexibility index (Phi) is 6.93. The summed E-state index contributed by atoms with van der Waals surface area (Å²) in [5.74, 6) is 1.18. The molecular weight excluding hydrogens is 444 g/mol. The Bertz CT molecular complexity index is 1250. The molecule has 1 aliphatic rings. The van der Waals surface area contributed by atoms with Crippen LogP contribution in [0, 0.1) is 5.92 Å². The summed E-state index contributed by atoms with van der Waals surface area (Å²) in [4.78, 5) is 20.2. The Morgan fingerprint density at radius 3 is 2.53 bits per heavy atom. The number of hydrogen-bond acceptors (Lipinski definition) is 3. The van der Waals surface area contributed by atoms with Crippen molar-refractivity contribution < 1.29 is 4.79 Å². The number of fused-ring (bicyclic) bond motifs is 1. The largest absolute Gasteiger partial charge is 0.352 e. The summed E-state index contributed by atoms with van der Waals surface area (Å²) < 4.78 is 2.29. The van der Waals surface area contributed by atoms with E-state index in [1.54, 1.807) is 0 Å². The van der Waals surface area contributed by atoms with Gasteiger partial charge in [-0.25, -0.2) is 4.98 Å². The summed E-state index contributed by atoms with van der Waals surface area (Å²) in [7, 11) is 0. The average Bonchev–Trinajstić information content (AvgIpc) is 3.21. The highest BCUT2D eigenvalue weighted by molar-refractivity contribution is 6.30. The molecule has 0 spiro atoms. The van der Waals surface area contributed by atoms with Crippen LogP contribution in [-0.4, -0.2) is 33.4 Å². The number of carbonyl (C=O) groups excluding carboxylic acids is 1. The summed E-state index contributed by atoms with van der Waals surface area (Å²) in [5, 5.41) is 3.87. The number of halogens is 1. The summed E-state index contributed by atoms with van der Waals surface area (Å²) in [6, 6.07) is 26.3. The average molecular weight is 473 g/mol. The van der Waals surface area contributed by atoms with E-state index in [9.17, 15) is 4.79 Å². The zero-order chi connectivity index (χ0) is 23.3. The Morgan fingerprint density at radius 2 is 1.71 bits per heavy atom. The van der Waals surface area contributed by atoms with Crippen molar-refractivity contribution in [1.82, 2.24) is 19.8 Å². The fraction of sp³-hybridized carbons (Fsp3) is 0.286. The van der Waals surface area contributed by atoms with E-state index in [4.69, 9.17) is 16.6 Å². The normalized spacial score (nSPS) is 16.6. The molecule has 1 aromatic heterocycles. The third kappa shape index (κ3) is 5.32. The quantitative estimate of drug-likeness (QED) is 0.399. The zero-order valence-corrected chi connectivity index (χ0v) is 19.9. The topological polar surface area (TPSA) is 50.2 Å². The molecule has 3 aromatic carbocycles. The van der Waals surface area contributed by atoms with Gasteiger partial charge in [0.05, 0.1) is 23.5 Å². The molecule has 1 amide bonds. The molecule has 5 rings (SSSR count). The second-order valence-electron chi connectivity index (χ2n) is 9.01. The predicted octanol–water partition coefficient (Wildman–Crippen LogP) is 5.27. The van der Waals surface area contributed by atoms with Gasteiger partial charge in [0.2, 0.25) is 5.91 Å². The van der Waals surface area contributed by atoms with Crippen molar-refractivity contribution in [2.45, 2.75) is 32.5 Å². The number of aromatic nitrogens is 2. The third-order valence-corrected chi connectivity index (χ3v) is 6.79. The number of piperidine rings is 1. The van der Waals surface area contributed by atoms with Crippen molar-refractivity contribution in [1.29, 1.82) is 0 Å². The van der Waals surface area contributed by atoms with Crippen molar-refractivity contribution in [2.24, 2.45) is 5.92 Å². The first kappa shape index (κ1) is 22.6. The summed E-state index contributed by atoms with van der Waals surface area (Å²) in [6.07, 6.45) is 1.94. The fourth-order valence-electron chi connectivity index (χ4n) is 4.74. The lowest BCUT2D eigenvalue weighted by Gasteiger charge is -2.31. The Labute approximate surface area is 205 Å². The molecule has 34 heavy (non-hydrogen) atoms. The number of imidazole rings is 1. The number of likely N-dealkylation sites (tertiary alicyclic amines) is 1. The van der Waals surface area contributed by atoms with Crippen LogP contribution in [0.2, 0.25) is 5.02 Å².